The van der Waals surface area contributed by atoms with Crippen molar-refractivity contribution in [1.29, 1.82) is 5.41 Å². The molecule has 3 nitrogen and oxygen atoms in total. The molecule has 14 heavy (non-hydrogen) atoms. The molecule has 0 aliphatic carbocycles. The molecule has 3 heteroatoms. The molecule has 1 rings (SSSR count). The second kappa shape index (κ2) is 4.30. The van der Waals surface area contributed by atoms with Gasteiger partial charge in [-0.2, -0.15) is 0 Å². The number of likely N-dealkylation sites (tertiary alicyclic amines) is 1. The normalized spacial score (nSPS) is 24.1. The zero-order valence-electron chi connectivity index (χ0n) is 9.64. The molecule has 1 fully saturated rings. The summed E-state index contributed by atoms with van der Waals surface area (Å²) in [5, 5.41) is 7.18. The zero-order valence-corrected chi connectivity index (χ0v) is 9.64. The summed E-state index contributed by atoms with van der Waals surface area (Å²) in [6.07, 6.45) is 2.01. The molecule has 1 heterocycles. The summed E-state index contributed by atoms with van der Waals surface area (Å²) in [6, 6.07) is 0. The van der Waals surface area contributed by atoms with Gasteiger partial charge in [-0.15, -0.1) is 0 Å². The van der Waals surface area contributed by atoms with Crippen molar-refractivity contribution in [1.82, 2.24) is 4.90 Å². The Kier molecular flexibility index (Phi) is 3.53. The van der Waals surface area contributed by atoms with Crippen LogP contribution >= 0.6 is 0 Å². The van der Waals surface area contributed by atoms with E-state index in [0.29, 0.717) is 11.3 Å². The zero-order chi connectivity index (χ0) is 10.8. The summed E-state index contributed by atoms with van der Waals surface area (Å²) in [6.45, 7) is 10.2. The van der Waals surface area contributed by atoms with Gasteiger partial charge in [0.25, 0.3) is 0 Å². The molecule has 0 aromatic heterocycles. The molecule has 0 aromatic rings. The summed E-state index contributed by atoms with van der Waals surface area (Å²) in [7, 11) is 0. The first kappa shape index (κ1) is 11.5. The number of nitrogens with two attached hydrogens (primary N) is 1. The van der Waals surface area contributed by atoms with Gasteiger partial charge in [-0.3, -0.25) is 5.41 Å². The lowest BCUT2D eigenvalue weighted by atomic mass is 9.80. The molecule has 1 aliphatic rings. The second-order valence-corrected chi connectivity index (χ2v) is 5.43. The molecule has 3 N–H and O–H groups in total. The van der Waals surface area contributed by atoms with Crippen LogP contribution < -0.4 is 5.73 Å². The van der Waals surface area contributed by atoms with E-state index in [1.54, 1.807) is 0 Å². The Morgan fingerprint density at radius 1 is 1.50 bits per heavy atom. The first-order valence-corrected chi connectivity index (χ1v) is 5.45. The van der Waals surface area contributed by atoms with E-state index in [4.69, 9.17) is 11.1 Å². The molecule has 0 saturated carbocycles. The van der Waals surface area contributed by atoms with E-state index in [1.807, 2.05) is 0 Å². The van der Waals surface area contributed by atoms with Crippen LogP contribution in [0.15, 0.2) is 0 Å². The van der Waals surface area contributed by atoms with Gasteiger partial charge in [0.1, 0.15) is 0 Å². The van der Waals surface area contributed by atoms with Crippen LogP contribution in [-0.4, -0.2) is 30.4 Å². The fourth-order valence-corrected chi connectivity index (χ4v) is 2.02. The Morgan fingerprint density at radius 2 is 2.14 bits per heavy atom. The second-order valence-electron chi connectivity index (χ2n) is 5.43. The summed E-state index contributed by atoms with van der Waals surface area (Å²) in [5.74, 6) is 1.11. The maximum absolute atomic E-state index is 7.18. The third kappa shape index (κ3) is 3.29. The average Bonchev–Trinajstić information content (AvgIpc) is 2.47. The van der Waals surface area contributed by atoms with Gasteiger partial charge in [0.2, 0.25) is 0 Å². The number of hydrogen-bond donors (Lipinski definition) is 2. The number of hydrogen-bond acceptors (Lipinski definition) is 2. The molecular weight excluding hydrogens is 174 g/mol. The van der Waals surface area contributed by atoms with E-state index in [1.165, 1.54) is 19.5 Å². The summed E-state index contributed by atoms with van der Waals surface area (Å²) >= 11 is 0. The summed E-state index contributed by atoms with van der Waals surface area (Å²) in [5.41, 5.74) is 5.77. The van der Waals surface area contributed by atoms with Crippen LogP contribution in [0, 0.1) is 16.7 Å². The molecule has 1 unspecified atom stereocenters. The van der Waals surface area contributed by atoms with Gasteiger partial charge in [-0.1, -0.05) is 20.8 Å². The Bertz CT molecular complexity index is 205. The number of rotatable bonds is 3. The molecule has 0 bridgehead atoms. The van der Waals surface area contributed by atoms with Crippen molar-refractivity contribution in [2.45, 2.75) is 33.6 Å². The molecule has 0 amide bonds. The van der Waals surface area contributed by atoms with E-state index >= 15 is 0 Å². The Morgan fingerprint density at radius 3 is 2.57 bits per heavy atom. The monoisotopic (exact) mass is 197 g/mol. The predicted molar refractivity (Wildman–Crippen MR) is 60.5 cm³/mol. The van der Waals surface area contributed by atoms with Crippen LogP contribution in [0.1, 0.15) is 33.6 Å². The predicted octanol–water partition coefficient (Wildman–Crippen LogP) is 1.68. The fourth-order valence-electron chi connectivity index (χ4n) is 2.02. The van der Waals surface area contributed by atoms with Gasteiger partial charge in [-0.25, -0.2) is 0 Å². The fraction of sp³-hybridized carbons (Fsp3) is 0.909. The largest absolute Gasteiger partial charge is 0.388 e. The van der Waals surface area contributed by atoms with Crippen molar-refractivity contribution >= 4 is 5.84 Å². The van der Waals surface area contributed by atoms with Crippen molar-refractivity contribution in [3.8, 4) is 0 Å². The molecule has 1 saturated heterocycles. The van der Waals surface area contributed by atoms with Gasteiger partial charge in [-0.05, 0) is 24.3 Å². The molecule has 0 radical (unpaired) electrons. The van der Waals surface area contributed by atoms with Crippen molar-refractivity contribution in [2.24, 2.45) is 17.1 Å². The van der Waals surface area contributed by atoms with E-state index in [9.17, 15) is 0 Å². The quantitative estimate of drug-likeness (QED) is 0.534. The highest BCUT2D eigenvalue weighted by molar-refractivity contribution is 5.76. The molecule has 1 atom stereocenters. The van der Waals surface area contributed by atoms with Gasteiger partial charge in [0.15, 0.2) is 0 Å². The van der Waals surface area contributed by atoms with Crippen molar-refractivity contribution < 1.29 is 0 Å². The minimum absolute atomic E-state index is 0.309. The highest BCUT2D eigenvalue weighted by atomic mass is 15.1. The van der Waals surface area contributed by atoms with Crippen molar-refractivity contribution in [3.63, 3.8) is 0 Å². The lowest BCUT2D eigenvalue weighted by molar-refractivity contribution is 0.231. The minimum Gasteiger partial charge on any atom is -0.388 e. The highest BCUT2D eigenvalue weighted by Crippen LogP contribution is 2.33. The third-order valence-corrected chi connectivity index (χ3v) is 3.19. The first-order chi connectivity index (χ1) is 6.39. The van der Waals surface area contributed by atoms with Crippen LogP contribution in [0.3, 0.4) is 0 Å². The lowest BCUT2D eigenvalue weighted by Gasteiger charge is -2.27. The van der Waals surface area contributed by atoms with Crippen LogP contribution in [0.2, 0.25) is 0 Å². The lowest BCUT2D eigenvalue weighted by Crippen LogP contribution is -2.28. The Hall–Kier alpha value is -0.570. The summed E-state index contributed by atoms with van der Waals surface area (Å²) < 4.78 is 0. The topological polar surface area (TPSA) is 53.1 Å². The van der Waals surface area contributed by atoms with Crippen molar-refractivity contribution in [2.75, 3.05) is 19.6 Å². The van der Waals surface area contributed by atoms with Crippen LogP contribution in [-0.2, 0) is 0 Å². The van der Waals surface area contributed by atoms with Gasteiger partial charge >= 0.3 is 0 Å². The highest BCUT2D eigenvalue weighted by Gasteiger charge is 2.31. The number of amidine groups is 1. The molecular formula is C11H23N3. The maximum atomic E-state index is 7.18. The van der Waals surface area contributed by atoms with E-state index in [0.717, 1.165) is 18.9 Å². The Balaban J connectivity index is 2.31. The maximum Gasteiger partial charge on any atom is 0.0918 e. The molecule has 1 aliphatic heterocycles. The SMILES string of the molecule is CC(C)(C)C1CCN(CCC(=N)N)C1. The molecule has 0 spiro atoms. The standard InChI is InChI=1S/C11H23N3/c1-11(2,3)9-4-6-14(8-9)7-5-10(12)13/h9H,4-8H2,1-3H3,(H3,12,13). The van der Waals surface area contributed by atoms with Gasteiger partial charge < -0.3 is 10.6 Å². The summed E-state index contributed by atoms with van der Waals surface area (Å²) in [4.78, 5) is 2.43. The van der Waals surface area contributed by atoms with Crippen LogP contribution in [0.25, 0.3) is 0 Å². The van der Waals surface area contributed by atoms with E-state index < -0.39 is 0 Å². The smallest absolute Gasteiger partial charge is 0.0918 e. The van der Waals surface area contributed by atoms with Gasteiger partial charge in [0.05, 0.1) is 5.84 Å². The Labute approximate surface area is 87.2 Å². The first-order valence-electron chi connectivity index (χ1n) is 5.45. The van der Waals surface area contributed by atoms with Crippen LogP contribution in [0.4, 0.5) is 0 Å². The van der Waals surface area contributed by atoms with E-state index in [2.05, 4.69) is 25.7 Å². The number of nitrogens with zero attached hydrogens (tertiary/aromatic N) is 1. The number of nitrogens with one attached hydrogen (secondary N) is 1. The van der Waals surface area contributed by atoms with Gasteiger partial charge in [0, 0.05) is 19.5 Å². The van der Waals surface area contributed by atoms with E-state index in [-0.39, 0.29) is 0 Å². The minimum atomic E-state index is 0.309. The van der Waals surface area contributed by atoms with Crippen molar-refractivity contribution in [3.05, 3.63) is 0 Å². The molecule has 82 valence electrons. The average molecular weight is 197 g/mol. The molecule has 0 aromatic carbocycles. The van der Waals surface area contributed by atoms with Crippen LogP contribution in [0.5, 0.6) is 0 Å². The third-order valence-electron chi connectivity index (χ3n) is 3.19.